The quantitative estimate of drug-likeness (QED) is 0.564. The van der Waals surface area contributed by atoms with E-state index in [1.165, 1.54) is 0 Å². The van der Waals surface area contributed by atoms with Gasteiger partial charge in [0, 0.05) is 36.3 Å². The molecule has 2 N–H and O–H groups in total. The van der Waals surface area contributed by atoms with Gasteiger partial charge in [0.1, 0.15) is 0 Å². The van der Waals surface area contributed by atoms with E-state index in [1.807, 2.05) is 24.3 Å². The maximum Gasteiger partial charge on any atom is 0.241 e. The van der Waals surface area contributed by atoms with Crippen molar-refractivity contribution in [3.63, 3.8) is 0 Å². The first kappa shape index (κ1) is 18.7. The summed E-state index contributed by atoms with van der Waals surface area (Å²) in [6.07, 6.45) is 4.07. The normalized spacial score (nSPS) is 13.1. The number of rotatable bonds is 8. The second-order valence-electron chi connectivity index (χ2n) is 6.44. The number of benzene rings is 2. The third kappa shape index (κ3) is 4.09. The van der Waals surface area contributed by atoms with Gasteiger partial charge in [-0.1, -0.05) is 18.2 Å². The van der Waals surface area contributed by atoms with Crippen LogP contribution in [0.4, 0.5) is 0 Å². The van der Waals surface area contributed by atoms with Gasteiger partial charge >= 0.3 is 0 Å². The lowest BCUT2D eigenvalue weighted by Gasteiger charge is -2.10. The maximum absolute atomic E-state index is 12.6. The Kier molecular flexibility index (Phi) is 5.43. The topological polar surface area (TPSA) is 89.6 Å². The molecule has 0 amide bonds. The molecule has 0 bridgehead atoms. The summed E-state index contributed by atoms with van der Waals surface area (Å²) in [5.74, 6) is 1.55. The summed E-state index contributed by atoms with van der Waals surface area (Å²) in [6, 6.07) is 12.8. The van der Waals surface area contributed by atoms with Crippen LogP contribution in [0.15, 0.2) is 59.8 Å². The number of pyridine rings is 1. The highest BCUT2D eigenvalue weighted by Gasteiger charge is 2.16. The molecular weight excluding hydrogens is 378 g/mol. The molecule has 0 spiro atoms. The maximum atomic E-state index is 12.6. The van der Waals surface area contributed by atoms with Crippen LogP contribution in [-0.2, 0) is 16.4 Å². The molecular formula is C20H21N3O4S. The van der Waals surface area contributed by atoms with Gasteiger partial charge in [0.15, 0.2) is 11.5 Å². The van der Waals surface area contributed by atoms with Gasteiger partial charge in [0.05, 0.1) is 4.90 Å². The van der Waals surface area contributed by atoms with E-state index in [0.29, 0.717) is 18.5 Å². The molecule has 0 atom stereocenters. The second kappa shape index (κ2) is 8.14. The van der Waals surface area contributed by atoms with Crippen LogP contribution in [0, 0.1) is 0 Å². The third-order valence-corrected chi connectivity index (χ3v) is 6.07. The summed E-state index contributed by atoms with van der Waals surface area (Å²) in [4.78, 5) is 4.31. The predicted molar refractivity (Wildman–Crippen MR) is 106 cm³/mol. The zero-order chi connectivity index (χ0) is 19.4. The van der Waals surface area contributed by atoms with E-state index in [1.54, 1.807) is 30.6 Å². The smallest absolute Gasteiger partial charge is 0.241 e. The second-order valence-corrected chi connectivity index (χ2v) is 8.17. The molecule has 0 fully saturated rings. The Labute approximate surface area is 163 Å². The first-order chi connectivity index (χ1) is 13.6. The number of hydrogen-bond donors (Lipinski definition) is 2. The van der Waals surface area contributed by atoms with Crippen molar-refractivity contribution in [1.29, 1.82) is 0 Å². The minimum absolute atomic E-state index is 0.268. The fourth-order valence-corrected chi connectivity index (χ4v) is 4.39. The van der Waals surface area contributed by atoms with Gasteiger partial charge in [-0.05, 0) is 42.8 Å². The molecule has 4 rings (SSSR count). The van der Waals surface area contributed by atoms with Crippen molar-refractivity contribution in [2.45, 2.75) is 11.3 Å². The SMILES string of the molecule is O=S(=O)(NCCNCCc1ccc2c(c1)OCO2)c1cccc2cnccc12. The third-order valence-electron chi connectivity index (χ3n) is 4.55. The molecule has 7 nitrogen and oxygen atoms in total. The highest BCUT2D eigenvalue weighted by Crippen LogP contribution is 2.32. The fourth-order valence-electron chi connectivity index (χ4n) is 3.13. The summed E-state index contributed by atoms with van der Waals surface area (Å²) in [5, 5.41) is 4.72. The van der Waals surface area contributed by atoms with Crippen LogP contribution in [0.25, 0.3) is 10.8 Å². The number of sulfonamides is 1. The Morgan fingerprint density at radius 1 is 1.00 bits per heavy atom. The minimum Gasteiger partial charge on any atom is -0.454 e. The number of aromatic nitrogens is 1. The van der Waals surface area contributed by atoms with E-state index >= 15 is 0 Å². The molecule has 0 unspecified atom stereocenters. The first-order valence-electron chi connectivity index (χ1n) is 9.05. The Morgan fingerprint density at radius 3 is 2.82 bits per heavy atom. The van der Waals surface area contributed by atoms with Crippen molar-refractivity contribution in [3.05, 3.63) is 60.4 Å². The van der Waals surface area contributed by atoms with E-state index < -0.39 is 10.0 Å². The minimum atomic E-state index is -3.58. The van der Waals surface area contributed by atoms with E-state index in [4.69, 9.17) is 9.47 Å². The summed E-state index contributed by atoms with van der Waals surface area (Å²) < 4.78 is 38.6. The molecule has 3 aromatic rings. The molecule has 1 aromatic heterocycles. The number of nitrogens with zero attached hydrogens (tertiary/aromatic N) is 1. The Hall–Kier alpha value is -2.68. The molecule has 8 heteroatoms. The van der Waals surface area contributed by atoms with Crippen LogP contribution in [0.2, 0.25) is 0 Å². The summed E-state index contributed by atoms with van der Waals surface area (Å²) >= 11 is 0. The molecule has 0 aliphatic carbocycles. The van der Waals surface area contributed by atoms with E-state index in [-0.39, 0.29) is 11.7 Å². The van der Waals surface area contributed by atoms with Crippen molar-refractivity contribution in [2.75, 3.05) is 26.4 Å². The zero-order valence-corrected chi connectivity index (χ0v) is 16.0. The van der Waals surface area contributed by atoms with Crippen LogP contribution in [0.5, 0.6) is 11.5 Å². The average molecular weight is 399 g/mol. The van der Waals surface area contributed by atoms with Gasteiger partial charge in [-0.15, -0.1) is 0 Å². The summed E-state index contributed by atoms with van der Waals surface area (Å²) in [5.41, 5.74) is 1.14. The average Bonchev–Trinajstić information content (AvgIpc) is 3.18. The summed E-state index contributed by atoms with van der Waals surface area (Å²) in [7, 11) is -3.58. The van der Waals surface area contributed by atoms with Crippen molar-refractivity contribution in [2.24, 2.45) is 0 Å². The first-order valence-corrected chi connectivity index (χ1v) is 10.5. The van der Waals surface area contributed by atoms with Crippen molar-refractivity contribution >= 4 is 20.8 Å². The van der Waals surface area contributed by atoms with Gasteiger partial charge in [0.2, 0.25) is 16.8 Å². The Morgan fingerprint density at radius 2 is 1.89 bits per heavy atom. The predicted octanol–water partition coefficient (Wildman–Crippen LogP) is 2.07. The molecule has 2 aromatic carbocycles. The number of ether oxygens (including phenoxy) is 2. The highest BCUT2D eigenvalue weighted by atomic mass is 32.2. The van der Waals surface area contributed by atoms with Gasteiger partial charge in [-0.2, -0.15) is 0 Å². The molecule has 146 valence electrons. The highest BCUT2D eigenvalue weighted by molar-refractivity contribution is 7.89. The lowest BCUT2D eigenvalue weighted by molar-refractivity contribution is 0.174. The van der Waals surface area contributed by atoms with Crippen molar-refractivity contribution in [3.8, 4) is 11.5 Å². The van der Waals surface area contributed by atoms with E-state index in [0.717, 1.165) is 35.4 Å². The van der Waals surface area contributed by atoms with Gasteiger partial charge in [-0.25, -0.2) is 13.1 Å². The Bertz CT molecular complexity index is 1080. The standard InChI is InChI=1S/C20H21N3O4S/c24-28(25,20-3-1-2-16-13-22-9-7-17(16)20)23-11-10-21-8-6-15-4-5-18-19(12-15)27-14-26-18/h1-5,7,9,12-13,21,23H,6,8,10-11,14H2. The molecule has 28 heavy (non-hydrogen) atoms. The van der Waals surface area contributed by atoms with Gasteiger partial charge < -0.3 is 14.8 Å². The molecule has 0 saturated carbocycles. The zero-order valence-electron chi connectivity index (χ0n) is 15.2. The number of hydrogen-bond acceptors (Lipinski definition) is 6. The molecule has 1 aliphatic rings. The number of fused-ring (bicyclic) bond motifs is 2. The van der Waals surface area contributed by atoms with E-state index in [9.17, 15) is 8.42 Å². The Balaban J connectivity index is 1.26. The largest absolute Gasteiger partial charge is 0.454 e. The van der Waals surface area contributed by atoms with Crippen LogP contribution in [-0.4, -0.2) is 39.8 Å². The van der Waals surface area contributed by atoms with Crippen molar-refractivity contribution in [1.82, 2.24) is 15.0 Å². The van der Waals surface area contributed by atoms with Crippen molar-refractivity contribution < 1.29 is 17.9 Å². The van der Waals surface area contributed by atoms with Crippen LogP contribution < -0.4 is 19.5 Å². The summed E-state index contributed by atoms with van der Waals surface area (Å²) in [6.45, 7) is 1.85. The van der Waals surface area contributed by atoms with Gasteiger partial charge in [0.25, 0.3) is 0 Å². The fraction of sp³-hybridized carbons (Fsp3) is 0.250. The van der Waals surface area contributed by atoms with Crippen LogP contribution >= 0.6 is 0 Å². The molecule has 1 aliphatic heterocycles. The lowest BCUT2D eigenvalue weighted by atomic mass is 10.1. The van der Waals surface area contributed by atoms with Crippen LogP contribution in [0.1, 0.15) is 5.56 Å². The molecule has 0 saturated heterocycles. The lowest BCUT2D eigenvalue weighted by Crippen LogP contribution is -2.32. The van der Waals surface area contributed by atoms with Crippen LogP contribution in [0.3, 0.4) is 0 Å². The number of nitrogens with one attached hydrogen (secondary N) is 2. The van der Waals surface area contributed by atoms with E-state index in [2.05, 4.69) is 15.0 Å². The molecule has 2 heterocycles. The monoisotopic (exact) mass is 399 g/mol. The van der Waals surface area contributed by atoms with Gasteiger partial charge in [-0.3, -0.25) is 4.98 Å². The molecule has 0 radical (unpaired) electrons.